The van der Waals surface area contributed by atoms with Crippen LogP contribution >= 0.6 is 12.4 Å². The average molecular weight is 307 g/mol. The largest absolute Gasteiger partial charge is 0.310 e. The van der Waals surface area contributed by atoms with Crippen LogP contribution in [0.2, 0.25) is 0 Å². The van der Waals surface area contributed by atoms with Gasteiger partial charge in [-0.05, 0) is 25.3 Å². The maximum Gasteiger partial charge on any atom is 0.260 e. The summed E-state index contributed by atoms with van der Waals surface area (Å²) in [5.41, 5.74) is 0. The third kappa shape index (κ3) is 2.65. The Bertz CT molecular complexity index is 545. The number of rotatable bonds is 2. The van der Waals surface area contributed by atoms with Crippen LogP contribution in [0.4, 0.5) is 0 Å². The summed E-state index contributed by atoms with van der Waals surface area (Å²) in [4.78, 5) is 0. The molecular formula is C11H19ClN4O2S. The van der Waals surface area contributed by atoms with Crippen LogP contribution in [0.15, 0.2) is 17.3 Å². The highest BCUT2D eigenvalue weighted by Crippen LogP contribution is 2.24. The van der Waals surface area contributed by atoms with Crippen molar-refractivity contribution in [2.75, 3.05) is 13.1 Å². The molecule has 0 spiro atoms. The first-order valence-corrected chi connectivity index (χ1v) is 7.75. The molecule has 3 rings (SSSR count). The van der Waals surface area contributed by atoms with E-state index in [4.69, 9.17) is 0 Å². The second kappa shape index (κ2) is 5.40. The van der Waals surface area contributed by atoms with Crippen molar-refractivity contribution in [3.05, 3.63) is 12.3 Å². The fourth-order valence-electron chi connectivity index (χ4n) is 2.88. The number of hydrogen-bond acceptors (Lipinski definition) is 4. The lowest BCUT2D eigenvalue weighted by molar-refractivity contribution is 0.379. The van der Waals surface area contributed by atoms with Crippen LogP contribution in [0, 0.1) is 0 Å². The molecule has 2 aliphatic rings. The van der Waals surface area contributed by atoms with Gasteiger partial charge in [0.15, 0.2) is 5.03 Å². The summed E-state index contributed by atoms with van der Waals surface area (Å²) in [6.07, 6.45) is 4.66. The van der Waals surface area contributed by atoms with Crippen molar-refractivity contribution in [3.63, 3.8) is 0 Å². The number of fused-ring (bicyclic) bond motifs is 2. The highest BCUT2D eigenvalue weighted by Gasteiger charge is 2.35. The van der Waals surface area contributed by atoms with Crippen LogP contribution in [0.5, 0.6) is 0 Å². The molecule has 1 aromatic heterocycles. The molecule has 1 N–H and O–H groups in total. The molecule has 2 unspecified atom stereocenters. The van der Waals surface area contributed by atoms with Crippen molar-refractivity contribution in [2.45, 2.75) is 36.4 Å². The van der Waals surface area contributed by atoms with E-state index in [0.29, 0.717) is 25.2 Å². The van der Waals surface area contributed by atoms with Gasteiger partial charge in [0.1, 0.15) is 0 Å². The number of nitrogens with one attached hydrogen (secondary N) is 1. The van der Waals surface area contributed by atoms with Gasteiger partial charge < -0.3 is 5.32 Å². The van der Waals surface area contributed by atoms with Crippen LogP contribution in [0.25, 0.3) is 0 Å². The van der Waals surface area contributed by atoms with Gasteiger partial charge in [-0.25, -0.2) is 8.42 Å². The zero-order valence-corrected chi connectivity index (χ0v) is 12.5. The summed E-state index contributed by atoms with van der Waals surface area (Å²) in [7, 11) is -1.74. The summed E-state index contributed by atoms with van der Waals surface area (Å²) >= 11 is 0. The second-order valence-electron chi connectivity index (χ2n) is 5.08. The van der Waals surface area contributed by atoms with E-state index in [1.165, 1.54) is 17.3 Å². The Morgan fingerprint density at radius 2 is 2.05 bits per heavy atom. The lowest BCUT2D eigenvalue weighted by Gasteiger charge is -2.23. The summed E-state index contributed by atoms with van der Waals surface area (Å²) in [6.45, 7) is 1.17. The third-order valence-electron chi connectivity index (χ3n) is 3.87. The van der Waals surface area contributed by atoms with Gasteiger partial charge in [-0.1, -0.05) is 0 Å². The fourth-order valence-corrected chi connectivity index (χ4v) is 4.48. The van der Waals surface area contributed by atoms with Gasteiger partial charge in [0.05, 0.1) is 6.20 Å². The van der Waals surface area contributed by atoms with Crippen LogP contribution < -0.4 is 5.32 Å². The molecule has 2 atom stereocenters. The highest BCUT2D eigenvalue weighted by molar-refractivity contribution is 7.89. The average Bonchev–Trinajstić information content (AvgIpc) is 2.84. The monoisotopic (exact) mass is 306 g/mol. The lowest BCUT2D eigenvalue weighted by atomic mass is 10.1. The number of halogens is 1. The number of sulfonamides is 1. The molecule has 0 radical (unpaired) electrons. The first kappa shape index (κ1) is 14.8. The molecule has 2 aliphatic heterocycles. The molecule has 19 heavy (non-hydrogen) atoms. The number of hydrogen-bond donors (Lipinski definition) is 1. The van der Waals surface area contributed by atoms with Gasteiger partial charge in [0.25, 0.3) is 10.0 Å². The Kier molecular flexibility index (Phi) is 4.20. The molecule has 6 nitrogen and oxygen atoms in total. The van der Waals surface area contributed by atoms with Crippen LogP contribution in [-0.4, -0.2) is 47.7 Å². The predicted octanol–water partition coefficient (Wildman–Crippen LogP) is 0.357. The minimum Gasteiger partial charge on any atom is -0.310 e. The minimum atomic E-state index is -3.40. The minimum absolute atomic E-state index is 0. The normalized spacial score (nSPS) is 27.8. The Hall–Kier alpha value is -0.630. The molecule has 3 heterocycles. The van der Waals surface area contributed by atoms with Gasteiger partial charge in [-0.3, -0.25) is 4.68 Å². The maximum absolute atomic E-state index is 12.5. The maximum atomic E-state index is 12.5. The highest BCUT2D eigenvalue weighted by atomic mass is 35.5. The van der Waals surface area contributed by atoms with Crippen LogP contribution in [-0.2, 0) is 17.1 Å². The van der Waals surface area contributed by atoms with Gasteiger partial charge in [0.2, 0.25) is 0 Å². The Labute approximate surface area is 119 Å². The zero-order valence-electron chi connectivity index (χ0n) is 10.8. The quantitative estimate of drug-likeness (QED) is 0.856. The molecule has 2 bridgehead atoms. The predicted molar refractivity (Wildman–Crippen MR) is 73.8 cm³/mol. The Balaban J connectivity index is 0.00000133. The molecule has 0 saturated carbocycles. The molecule has 0 aromatic carbocycles. The van der Waals surface area contributed by atoms with Crippen molar-refractivity contribution in [1.29, 1.82) is 0 Å². The van der Waals surface area contributed by atoms with Gasteiger partial charge >= 0.3 is 0 Å². The standard InChI is InChI=1S/C11H18N4O2S.ClH/c1-14-11(4-6-12-14)18(16,17)15-7-5-9-2-3-10(8-15)13-9;/h4,6,9-10,13H,2-3,5,7-8H2,1H3;1H. The first-order valence-electron chi connectivity index (χ1n) is 6.31. The van der Waals surface area contributed by atoms with Gasteiger partial charge in [-0.15, -0.1) is 12.4 Å². The molecular weight excluding hydrogens is 288 g/mol. The molecule has 0 amide bonds. The van der Waals surface area contributed by atoms with Crippen molar-refractivity contribution >= 4 is 22.4 Å². The topological polar surface area (TPSA) is 67.2 Å². The van der Waals surface area contributed by atoms with E-state index in [2.05, 4.69) is 10.4 Å². The molecule has 108 valence electrons. The first-order chi connectivity index (χ1) is 8.57. The van der Waals surface area contributed by atoms with E-state index in [9.17, 15) is 8.42 Å². The summed E-state index contributed by atoms with van der Waals surface area (Å²) < 4.78 is 28.1. The number of aryl methyl sites for hydroxylation is 1. The smallest absolute Gasteiger partial charge is 0.260 e. The van der Waals surface area contributed by atoms with E-state index in [1.54, 1.807) is 17.4 Å². The molecule has 2 fully saturated rings. The Morgan fingerprint density at radius 1 is 1.32 bits per heavy atom. The summed E-state index contributed by atoms with van der Waals surface area (Å²) in [6, 6.07) is 2.36. The van der Waals surface area contributed by atoms with E-state index < -0.39 is 10.0 Å². The van der Waals surface area contributed by atoms with Crippen molar-refractivity contribution < 1.29 is 8.42 Å². The van der Waals surface area contributed by atoms with E-state index in [-0.39, 0.29) is 17.4 Å². The summed E-state index contributed by atoms with van der Waals surface area (Å²) in [5, 5.41) is 7.71. The van der Waals surface area contributed by atoms with Gasteiger partial charge in [-0.2, -0.15) is 9.40 Å². The van der Waals surface area contributed by atoms with E-state index in [0.717, 1.165) is 12.8 Å². The second-order valence-corrected chi connectivity index (χ2v) is 6.97. The molecule has 1 aromatic rings. The van der Waals surface area contributed by atoms with Crippen LogP contribution in [0.3, 0.4) is 0 Å². The SMILES string of the molecule is Cl.Cn1nccc1S(=O)(=O)N1CCC2CCC(C1)N2. The van der Waals surface area contributed by atoms with Crippen molar-refractivity contribution in [1.82, 2.24) is 19.4 Å². The molecule has 0 aliphatic carbocycles. The molecule has 8 heteroatoms. The number of aromatic nitrogens is 2. The van der Waals surface area contributed by atoms with E-state index >= 15 is 0 Å². The van der Waals surface area contributed by atoms with E-state index in [1.807, 2.05) is 0 Å². The van der Waals surface area contributed by atoms with Crippen LogP contribution in [0.1, 0.15) is 19.3 Å². The van der Waals surface area contributed by atoms with Crippen molar-refractivity contribution in [2.24, 2.45) is 7.05 Å². The zero-order chi connectivity index (χ0) is 12.8. The summed E-state index contributed by atoms with van der Waals surface area (Å²) in [5.74, 6) is 0. The fraction of sp³-hybridized carbons (Fsp3) is 0.727. The Morgan fingerprint density at radius 3 is 2.74 bits per heavy atom. The third-order valence-corrected chi connectivity index (χ3v) is 5.81. The lowest BCUT2D eigenvalue weighted by Crippen LogP contribution is -2.39. The molecule has 2 saturated heterocycles. The number of nitrogens with zero attached hydrogens (tertiary/aromatic N) is 3. The van der Waals surface area contributed by atoms with Crippen molar-refractivity contribution in [3.8, 4) is 0 Å². The van der Waals surface area contributed by atoms with Gasteiger partial charge in [0, 0.05) is 32.2 Å².